The molecule has 3 heterocycles. The highest BCUT2D eigenvalue weighted by Crippen LogP contribution is 2.30. The lowest BCUT2D eigenvalue weighted by Crippen LogP contribution is -2.44. The first-order valence-electron chi connectivity index (χ1n) is 12.1. The third kappa shape index (κ3) is 5.92. The summed E-state index contributed by atoms with van der Waals surface area (Å²) < 4.78 is 28.2. The Morgan fingerprint density at radius 1 is 1.05 bits per heavy atom. The normalized spacial score (nSPS) is 14.4. The first-order valence-corrected chi connectivity index (χ1v) is 13.6. The van der Waals surface area contributed by atoms with Gasteiger partial charge in [-0.3, -0.25) is 0 Å². The Balaban J connectivity index is 1.33. The van der Waals surface area contributed by atoms with E-state index >= 15 is 0 Å². The fraction of sp³-hybridized carbons (Fsp3) is 0.240. The predicted molar refractivity (Wildman–Crippen MR) is 149 cm³/mol. The van der Waals surface area contributed by atoms with Crippen molar-refractivity contribution >= 4 is 56.5 Å². The van der Waals surface area contributed by atoms with Gasteiger partial charge in [0.25, 0.3) is 0 Å². The average molecular weight is 536 g/mol. The van der Waals surface area contributed by atoms with Gasteiger partial charge >= 0.3 is 0 Å². The van der Waals surface area contributed by atoms with Gasteiger partial charge in [0.2, 0.25) is 16.0 Å². The second kappa shape index (κ2) is 11.1. The molecule has 0 saturated carbocycles. The number of aliphatic hydroxyl groups is 1. The molecule has 1 saturated heterocycles. The molecule has 12 nitrogen and oxygen atoms in total. The molecule has 0 aliphatic carbocycles. The van der Waals surface area contributed by atoms with E-state index < -0.39 is 10.0 Å². The third-order valence-electron chi connectivity index (χ3n) is 6.03. The van der Waals surface area contributed by atoms with Crippen molar-refractivity contribution in [3.05, 3.63) is 59.9 Å². The first-order chi connectivity index (χ1) is 18.4. The van der Waals surface area contributed by atoms with E-state index in [2.05, 4.69) is 35.3 Å². The summed E-state index contributed by atoms with van der Waals surface area (Å²) in [5.41, 5.74) is 10.4. The van der Waals surface area contributed by atoms with Crippen LogP contribution in [0, 0.1) is 0 Å². The zero-order chi connectivity index (χ0) is 26.5. The van der Waals surface area contributed by atoms with E-state index in [1.807, 2.05) is 35.3 Å². The largest absolute Gasteiger partial charge is 0.395 e. The number of nitrogens with one attached hydrogen (secondary N) is 4. The Hall–Kier alpha value is -4.04. The smallest absolute Gasteiger partial charge is 0.242 e. The number of sulfonamides is 1. The van der Waals surface area contributed by atoms with Crippen LogP contribution < -0.4 is 26.0 Å². The number of benzene rings is 2. The van der Waals surface area contributed by atoms with Crippen LogP contribution >= 0.6 is 0 Å². The van der Waals surface area contributed by atoms with Crippen molar-refractivity contribution in [1.82, 2.24) is 30.0 Å². The van der Waals surface area contributed by atoms with Crippen LogP contribution in [0.2, 0.25) is 0 Å². The van der Waals surface area contributed by atoms with Crippen molar-refractivity contribution in [2.75, 3.05) is 55.3 Å². The van der Waals surface area contributed by atoms with E-state index in [1.54, 1.807) is 30.6 Å². The minimum Gasteiger partial charge on any atom is -0.395 e. The monoisotopic (exact) mass is 535 g/mol. The minimum absolute atomic E-state index is 0.0512. The first kappa shape index (κ1) is 25.6. The van der Waals surface area contributed by atoms with Crippen LogP contribution in [0.5, 0.6) is 0 Å². The van der Waals surface area contributed by atoms with Crippen LogP contribution in [-0.2, 0) is 10.0 Å². The molecule has 1 aliphatic rings. The number of hydrogen-bond donors (Lipinski definition) is 6. The Morgan fingerprint density at radius 2 is 1.82 bits per heavy atom. The van der Waals surface area contributed by atoms with Crippen LogP contribution in [0.3, 0.4) is 0 Å². The van der Waals surface area contributed by atoms with Gasteiger partial charge in [0.05, 0.1) is 23.3 Å². The molecule has 2 aromatic carbocycles. The molecule has 1 aliphatic heterocycles. The van der Waals surface area contributed by atoms with Crippen LogP contribution in [0.4, 0.5) is 23.3 Å². The summed E-state index contributed by atoms with van der Waals surface area (Å²) in [4.78, 5) is 18.2. The van der Waals surface area contributed by atoms with Crippen LogP contribution in [-0.4, -0.2) is 72.8 Å². The van der Waals surface area contributed by atoms with E-state index in [0.29, 0.717) is 36.4 Å². The average Bonchev–Trinajstić information content (AvgIpc) is 3.31. The van der Waals surface area contributed by atoms with Gasteiger partial charge in [0.1, 0.15) is 4.90 Å². The zero-order valence-corrected chi connectivity index (χ0v) is 21.4. The molecule has 0 atom stereocenters. The lowest BCUT2D eigenvalue weighted by Gasteiger charge is -2.31. The molecule has 0 amide bonds. The van der Waals surface area contributed by atoms with Gasteiger partial charge < -0.3 is 31.4 Å². The number of imidazole rings is 1. The summed E-state index contributed by atoms with van der Waals surface area (Å²) in [5.74, 6) is 0.768. The molecule has 1 fully saturated rings. The van der Waals surface area contributed by atoms with Crippen molar-refractivity contribution in [3.8, 4) is 0 Å². The molecule has 0 radical (unpaired) electrons. The molecule has 38 heavy (non-hydrogen) atoms. The summed E-state index contributed by atoms with van der Waals surface area (Å²) in [6, 6.07) is 10.8. The van der Waals surface area contributed by atoms with Crippen molar-refractivity contribution in [3.63, 3.8) is 0 Å². The number of piperazine rings is 1. The van der Waals surface area contributed by atoms with Crippen LogP contribution in [0.1, 0.15) is 11.1 Å². The van der Waals surface area contributed by atoms with Gasteiger partial charge in [0.15, 0.2) is 5.95 Å². The molecule has 198 valence electrons. The fourth-order valence-electron chi connectivity index (χ4n) is 4.19. The van der Waals surface area contributed by atoms with Crippen LogP contribution in [0.15, 0.2) is 53.7 Å². The van der Waals surface area contributed by atoms with Gasteiger partial charge in [0, 0.05) is 56.4 Å². The molecule has 5 rings (SSSR count). The number of hydrogen-bond acceptors (Lipinski definition) is 10. The zero-order valence-electron chi connectivity index (χ0n) is 20.6. The molecule has 13 heteroatoms. The van der Waals surface area contributed by atoms with Crippen molar-refractivity contribution in [2.45, 2.75) is 4.90 Å². The predicted octanol–water partition coefficient (Wildman–Crippen LogP) is 1.53. The van der Waals surface area contributed by atoms with Gasteiger partial charge in [-0.05, 0) is 35.9 Å². The van der Waals surface area contributed by atoms with E-state index in [9.17, 15) is 8.42 Å². The highest BCUT2D eigenvalue weighted by atomic mass is 32.2. The second-order valence-corrected chi connectivity index (χ2v) is 10.5. The number of nitrogens with two attached hydrogens (primary N) is 1. The third-order valence-corrected chi connectivity index (χ3v) is 7.54. The molecule has 4 aromatic rings. The molecule has 2 aromatic heterocycles. The number of aromatic nitrogens is 4. The molecule has 0 bridgehead atoms. The van der Waals surface area contributed by atoms with E-state index in [-0.39, 0.29) is 18.0 Å². The van der Waals surface area contributed by atoms with E-state index in [0.717, 1.165) is 35.2 Å². The van der Waals surface area contributed by atoms with Gasteiger partial charge in [-0.15, -0.1) is 0 Å². The Labute approximate surface area is 220 Å². The fourth-order valence-corrected chi connectivity index (χ4v) is 5.42. The maximum atomic E-state index is 12.9. The number of nitrogen functional groups attached to an aromatic ring is 1. The summed E-state index contributed by atoms with van der Waals surface area (Å²) in [6.45, 7) is 2.52. The minimum atomic E-state index is -3.79. The topological polar surface area (TPSA) is 174 Å². The quantitative estimate of drug-likeness (QED) is 0.184. The Bertz CT molecular complexity index is 1550. The van der Waals surface area contributed by atoms with Gasteiger partial charge in [-0.25, -0.2) is 28.1 Å². The van der Waals surface area contributed by atoms with Crippen molar-refractivity contribution in [1.29, 1.82) is 0 Å². The highest BCUT2D eigenvalue weighted by Gasteiger charge is 2.23. The molecule has 0 spiro atoms. The Morgan fingerprint density at radius 3 is 2.58 bits per heavy atom. The maximum absolute atomic E-state index is 12.9. The highest BCUT2D eigenvalue weighted by molar-refractivity contribution is 7.89. The Kier molecular flexibility index (Phi) is 7.51. The standard InChI is InChI=1S/C25H29N9O3S/c26-24-32-20-5-3-17(13-21(20)33-24)1-2-18-15-28-25(29-16-18)31-19-4-6-23(38(36,37)30-9-12-35)22(14-19)34-10-7-27-8-11-34/h1-6,13-16,27,30,35H,7-12H2,(H3,26,32,33)(H,28,29,31)/b2-1+. The molecule has 0 unspecified atom stereocenters. The number of fused-ring (bicyclic) bond motifs is 1. The lowest BCUT2D eigenvalue weighted by atomic mass is 10.1. The van der Waals surface area contributed by atoms with Crippen LogP contribution in [0.25, 0.3) is 23.2 Å². The van der Waals surface area contributed by atoms with Gasteiger partial charge in [-0.1, -0.05) is 18.2 Å². The van der Waals surface area contributed by atoms with Crippen molar-refractivity contribution in [2.24, 2.45) is 0 Å². The summed E-state index contributed by atoms with van der Waals surface area (Å²) in [6.07, 6.45) is 7.26. The number of aliphatic hydroxyl groups excluding tert-OH is 1. The second-order valence-electron chi connectivity index (χ2n) is 8.74. The number of nitrogens with zero attached hydrogens (tertiary/aromatic N) is 4. The summed E-state index contributed by atoms with van der Waals surface area (Å²) in [5, 5.41) is 15.5. The van der Waals surface area contributed by atoms with E-state index in [4.69, 9.17) is 10.8 Å². The molecular formula is C25H29N9O3S. The number of anilines is 4. The number of aromatic amines is 1. The number of H-pyrrole nitrogens is 1. The lowest BCUT2D eigenvalue weighted by molar-refractivity contribution is 0.301. The maximum Gasteiger partial charge on any atom is 0.242 e. The van der Waals surface area contributed by atoms with E-state index in [1.165, 1.54) is 0 Å². The number of rotatable bonds is 9. The summed E-state index contributed by atoms with van der Waals surface area (Å²) in [7, 11) is -3.79. The molecular weight excluding hydrogens is 506 g/mol. The van der Waals surface area contributed by atoms with Gasteiger partial charge in [-0.2, -0.15) is 0 Å². The van der Waals surface area contributed by atoms with Crippen molar-refractivity contribution < 1.29 is 13.5 Å². The SMILES string of the molecule is Nc1nc2ccc(/C=C/c3cnc(Nc4ccc(S(=O)(=O)NCCO)c(N5CCNCC5)c4)nc3)cc2[nH]1. The summed E-state index contributed by atoms with van der Waals surface area (Å²) >= 11 is 0. The molecule has 7 N–H and O–H groups in total.